The summed E-state index contributed by atoms with van der Waals surface area (Å²) in [6.45, 7) is -0.687. The van der Waals surface area contributed by atoms with Crippen molar-refractivity contribution in [1.29, 1.82) is 0 Å². The molecular weight excluding hydrogens is 285 g/mol. The lowest BCUT2D eigenvalue weighted by Gasteiger charge is -2.16. The molecule has 0 spiro atoms. The Balaban J connectivity index is 2.40. The molecule has 3 nitrogen and oxygen atoms in total. The summed E-state index contributed by atoms with van der Waals surface area (Å²) in [6, 6.07) is 0. The molecular formula is C12H12F5NO2. The van der Waals surface area contributed by atoms with E-state index in [-0.39, 0.29) is 30.8 Å². The van der Waals surface area contributed by atoms with Gasteiger partial charge in [-0.2, -0.15) is 13.2 Å². The highest BCUT2D eigenvalue weighted by atomic mass is 19.4. The molecule has 0 saturated carbocycles. The molecule has 20 heavy (non-hydrogen) atoms. The van der Waals surface area contributed by atoms with Gasteiger partial charge < -0.3 is 9.84 Å². The van der Waals surface area contributed by atoms with Crippen molar-refractivity contribution < 1.29 is 31.8 Å². The third-order valence-electron chi connectivity index (χ3n) is 3.03. The summed E-state index contributed by atoms with van der Waals surface area (Å²) in [7, 11) is 0. The second-order valence-corrected chi connectivity index (χ2v) is 4.42. The highest BCUT2D eigenvalue weighted by Gasteiger charge is 2.44. The van der Waals surface area contributed by atoms with Crippen molar-refractivity contribution in [2.24, 2.45) is 0 Å². The van der Waals surface area contributed by atoms with Gasteiger partial charge in [0.05, 0.1) is 19.5 Å². The molecule has 8 heteroatoms. The van der Waals surface area contributed by atoms with Crippen LogP contribution >= 0.6 is 0 Å². The van der Waals surface area contributed by atoms with Gasteiger partial charge in [0.2, 0.25) is 0 Å². The molecule has 0 bridgehead atoms. The normalized spacial score (nSPS) is 21.9. The van der Waals surface area contributed by atoms with E-state index < -0.39 is 36.4 Å². The predicted molar refractivity (Wildman–Crippen MR) is 58.9 cm³/mol. The van der Waals surface area contributed by atoms with Crippen LogP contribution in [0.25, 0.3) is 0 Å². The SMILES string of the molecule is O[C@H]1c2c(C(F)(F)F)ncc(OCCCF)c2C[C@@H]1F. The fourth-order valence-corrected chi connectivity index (χ4v) is 2.15. The van der Waals surface area contributed by atoms with Gasteiger partial charge in [-0.05, 0) is 0 Å². The Morgan fingerprint density at radius 1 is 1.40 bits per heavy atom. The molecule has 0 aromatic carbocycles. The van der Waals surface area contributed by atoms with Crippen molar-refractivity contribution in [2.45, 2.75) is 31.3 Å². The maximum atomic E-state index is 13.5. The maximum absolute atomic E-state index is 13.5. The number of aliphatic hydroxyl groups excluding tert-OH is 1. The van der Waals surface area contributed by atoms with E-state index in [9.17, 15) is 27.1 Å². The molecule has 0 saturated heterocycles. The molecule has 0 radical (unpaired) electrons. The first-order chi connectivity index (χ1) is 9.36. The molecule has 1 heterocycles. The van der Waals surface area contributed by atoms with Crippen LogP contribution in [0.5, 0.6) is 5.75 Å². The van der Waals surface area contributed by atoms with Gasteiger partial charge in [-0.3, -0.25) is 4.39 Å². The van der Waals surface area contributed by atoms with E-state index in [1.807, 2.05) is 0 Å². The fraction of sp³-hybridized carbons (Fsp3) is 0.583. The quantitative estimate of drug-likeness (QED) is 0.686. The van der Waals surface area contributed by atoms with E-state index >= 15 is 0 Å². The van der Waals surface area contributed by atoms with Crippen molar-refractivity contribution in [3.63, 3.8) is 0 Å². The van der Waals surface area contributed by atoms with Gasteiger partial charge in [0.25, 0.3) is 0 Å². The number of aromatic nitrogens is 1. The van der Waals surface area contributed by atoms with E-state index in [1.165, 1.54) is 0 Å². The van der Waals surface area contributed by atoms with Gasteiger partial charge in [-0.1, -0.05) is 0 Å². The zero-order valence-corrected chi connectivity index (χ0v) is 10.3. The number of rotatable bonds is 4. The van der Waals surface area contributed by atoms with Crippen molar-refractivity contribution in [3.05, 3.63) is 23.0 Å². The number of hydrogen-bond donors (Lipinski definition) is 1. The first-order valence-corrected chi connectivity index (χ1v) is 5.96. The Morgan fingerprint density at radius 2 is 2.10 bits per heavy atom. The Hall–Kier alpha value is -1.44. The lowest BCUT2D eigenvalue weighted by Crippen LogP contribution is -2.16. The first kappa shape index (κ1) is 15.0. The average molecular weight is 297 g/mol. The van der Waals surface area contributed by atoms with Crippen LogP contribution in [-0.2, 0) is 12.6 Å². The number of hydrogen-bond acceptors (Lipinski definition) is 3. The number of fused-ring (bicyclic) bond motifs is 1. The van der Waals surface area contributed by atoms with Crippen LogP contribution in [0.1, 0.15) is 29.3 Å². The Labute approximate surface area is 111 Å². The van der Waals surface area contributed by atoms with Crippen molar-refractivity contribution >= 4 is 0 Å². The lowest BCUT2D eigenvalue weighted by atomic mass is 10.1. The molecule has 0 amide bonds. The highest BCUT2D eigenvalue weighted by Crippen LogP contribution is 2.44. The summed E-state index contributed by atoms with van der Waals surface area (Å²) in [4.78, 5) is 3.21. The van der Waals surface area contributed by atoms with E-state index in [4.69, 9.17) is 4.74 Å². The molecule has 2 atom stereocenters. The van der Waals surface area contributed by atoms with Gasteiger partial charge in [-0.15, -0.1) is 0 Å². The largest absolute Gasteiger partial charge is 0.492 e. The number of alkyl halides is 5. The number of pyridine rings is 1. The minimum atomic E-state index is -4.79. The predicted octanol–water partition coefficient (Wildman–Crippen LogP) is 2.77. The van der Waals surface area contributed by atoms with Gasteiger partial charge in [0, 0.05) is 24.0 Å². The standard InChI is InChI=1S/C12H12F5NO2/c13-2-1-3-20-8-5-18-11(12(15,16)17)9-6(8)4-7(14)10(9)19/h5,7,10,19H,1-4H2/t7-,10+/m0/s1. The van der Waals surface area contributed by atoms with Crippen LogP contribution in [0.4, 0.5) is 22.0 Å². The smallest absolute Gasteiger partial charge is 0.433 e. The lowest BCUT2D eigenvalue weighted by molar-refractivity contribution is -0.143. The molecule has 2 rings (SSSR count). The Morgan fingerprint density at radius 3 is 2.70 bits per heavy atom. The highest BCUT2D eigenvalue weighted by molar-refractivity contribution is 5.47. The topological polar surface area (TPSA) is 42.4 Å². The Bertz CT molecular complexity index is 491. The van der Waals surface area contributed by atoms with Crippen molar-refractivity contribution in [1.82, 2.24) is 4.98 Å². The minimum Gasteiger partial charge on any atom is -0.492 e. The second kappa shape index (κ2) is 5.51. The van der Waals surface area contributed by atoms with E-state index in [0.717, 1.165) is 6.20 Å². The van der Waals surface area contributed by atoms with Gasteiger partial charge in [-0.25, -0.2) is 9.37 Å². The summed E-state index contributed by atoms with van der Waals surface area (Å²) >= 11 is 0. The van der Waals surface area contributed by atoms with Crippen LogP contribution in [0, 0.1) is 0 Å². The maximum Gasteiger partial charge on any atom is 0.433 e. The number of ether oxygens (including phenoxy) is 1. The number of aliphatic hydroxyl groups is 1. The second-order valence-electron chi connectivity index (χ2n) is 4.42. The molecule has 1 N–H and O–H groups in total. The average Bonchev–Trinajstić information content (AvgIpc) is 2.66. The molecule has 0 unspecified atom stereocenters. The zero-order valence-electron chi connectivity index (χ0n) is 10.3. The van der Waals surface area contributed by atoms with Crippen LogP contribution in [0.15, 0.2) is 6.20 Å². The molecule has 1 aromatic heterocycles. The fourth-order valence-electron chi connectivity index (χ4n) is 2.15. The summed E-state index contributed by atoms with van der Waals surface area (Å²) in [5.41, 5.74) is -1.94. The summed E-state index contributed by atoms with van der Waals surface area (Å²) in [6.07, 6.45) is -7.97. The molecule has 1 aliphatic carbocycles. The van der Waals surface area contributed by atoms with E-state index in [1.54, 1.807) is 0 Å². The molecule has 1 aromatic rings. The van der Waals surface area contributed by atoms with Gasteiger partial charge in [0.1, 0.15) is 18.0 Å². The number of nitrogens with zero attached hydrogens (tertiary/aromatic N) is 1. The third-order valence-corrected chi connectivity index (χ3v) is 3.03. The van der Waals surface area contributed by atoms with Crippen LogP contribution in [0.3, 0.4) is 0 Å². The molecule has 112 valence electrons. The zero-order chi connectivity index (χ0) is 14.9. The number of halogens is 5. The van der Waals surface area contributed by atoms with Crippen molar-refractivity contribution in [2.75, 3.05) is 13.3 Å². The summed E-state index contributed by atoms with van der Waals surface area (Å²) < 4.78 is 68.9. The van der Waals surface area contributed by atoms with Crippen molar-refractivity contribution in [3.8, 4) is 5.75 Å². The monoisotopic (exact) mass is 297 g/mol. The van der Waals surface area contributed by atoms with E-state index in [0.29, 0.717) is 0 Å². The first-order valence-electron chi connectivity index (χ1n) is 5.96. The third kappa shape index (κ3) is 2.70. The van der Waals surface area contributed by atoms with Crippen LogP contribution < -0.4 is 4.74 Å². The van der Waals surface area contributed by atoms with E-state index in [2.05, 4.69) is 4.98 Å². The molecule has 1 aliphatic rings. The van der Waals surface area contributed by atoms with Crippen LogP contribution in [-0.4, -0.2) is 29.5 Å². The summed E-state index contributed by atoms with van der Waals surface area (Å²) in [5.74, 6) is -0.0411. The molecule has 0 aliphatic heterocycles. The summed E-state index contributed by atoms with van der Waals surface area (Å²) in [5, 5.41) is 9.56. The van der Waals surface area contributed by atoms with Gasteiger partial charge >= 0.3 is 6.18 Å². The Kier molecular flexibility index (Phi) is 4.12. The molecule has 0 fully saturated rings. The minimum absolute atomic E-state index is 0.0411. The van der Waals surface area contributed by atoms with Gasteiger partial charge in [0.15, 0.2) is 5.69 Å². The van der Waals surface area contributed by atoms with Crippen LogP contribution in [0.2, 0.25) is 0 Å².